The van der Waals surface area contributed by atoms with Gasteiger partial charge in [0.25, 0.3) is 0 Å². The van der Waals surface area contributed by atoms with Crippen LogP contribution >= 0.6 is 0 Å². The van der Waals surface area contributed by atoms with Crippen LogP contribution in [-0.4, -0.2) is 205 Å². The summed E-state index contributed by atoms with van der Waals surface area (Å²) in [7, 11) is 0. The van der Waals surface area contributed by atoms with Crippen LogP contribution in [0, 0.1) is 5.92 Å². The zero-order valence-electron chi connectivity index (χ0n) is 60.4. The molecule has 9 aliphatic heterocycles. The Hall–Kier alpha value is -2.31. The molecule has 9 heterocycles. The van der Waals surface area contributed by atoms with Crippen LogP contribution in [0.1, 0.15) is 258 Å². The van der Waals surface area contributed by atoms with Gasteiger partial charge in [0.2, 0.25) is 0 Å². The lowest BCUT2D eigenvalue weighted by Gasteiger charge is -2.51. The van der Waals surface area contributed by atoms with Gasteiger partial charge in [0.15, 0.2) is 67.1 Å². The van der Waals surface area contributed by atoms with E-state index in [0.29, 0.717) is 19.3 Å². The lowest BCUT2D eigenvalue weighted by molar-refractivity contribution is -0.398. The smallest absolute Gasteiger partial charge is 0.309 e. The molecule has 24 heteroatoms. The Morgan fingerprint density at radius 3 is 1.62 bits per heavy atom. The maximum atomic E-state index is 14.8. The van der Waals surface area contributed by atoms with Gasteiger partial charge in [0.1, 0.15) is 73.2 Å². The van der Waals surface area contributed by atoms with Gasteiger partial charge in [-0.05, 0) is 108 Å². The number of esters is 3. The number of fused-ring (bicyclic) bond motifs is 6. The summed E-state index contributed by atoms with van der Waals surface area (Å²) in [5.74, 6) is -5.40. The molecule has 554 valence electrons. The second-order valence-electron chi connectivity index (χ2n) is 30.1. The van der Waals surface area contributed by atoms with Crippen molar-refractivity contribution in [2.45, 2.75) is 435 Å². The summed E-state index contributed by atoms with van der Waals surface area (Å²) >= 11 is 0. The third kappa shape index (κ3) is 20.1. The highest BCUT2D eigenvalue weighted by atomic mass is 16.8. The first-order valence-corrected chi connectivity index (χ1v) is 37.3. The molecular weight excluding hydrogens is 1250 g/mol. The molecule has 2 N–H and O–H groups in total. The third-order valence-corrected chi connectivity index (χ3v) is 20.5. The van der Waals surface area contributed by atoms with E-state index in [1.807, 2.05) is 27.7 Å². The van der Waals surface area contributed by atoms with Gasteiger partial charge in [-0.15, -0.1) is 0 Å². The van der Waals surface area contributed by atoms with Crippen LogP contribution in [0.15, 0.2) is 0 Å². The van der Waals surface area contributed by atoms with Crippen LogP contribution in [-0.2, 0) is 104 Å². The number of rotatable bonds is 24. The minimum absolute atomic E-state index is 0.0389. The van der Waals surface area contributed by atoms with Crippen molar-refractivity contribution in [1.82, 2.24) is 0 Å². The van der Waals surface area contributed by atoms with Crippen molar-refractivity contribution in [3.05, 3.63) is 0 Å². The topological polar surface area (TPSA) is 267 Å². The molecule has 0 aliphatic carbocycles. The number of hydrogen-bond donors (Lipinski definition) is 2. The molecule has 0 amide bonds. The zero-order valence-corrected chi connectivity index (χ0v) is 60.4. The van der Waals surface area contributed by atoms with Gasteiger partial charge in [-0.1, -0.05) is 137 Å². The molecule has 9 fully saturated rings. The molecule has 0 spiro atoms. The molecule has 0 aromatic rings. The molecule has 0 radical (unpaired) electrons. The van der Waals surface area contributed by atoms with E-state index in [9.17, 15) is 24.6 Å². The van der Waals surface area contributed by atoms with Crippen LogP contribution in [0.2, 0.25) is 0 Å². The summed E-state index contributed by atoms with van der Waals surface area (Å²) in [5, 5.41) is 24.1. The summed E-state index contributed by atoms with van der Waals surface area (Å²) in [6, 6.07) is 0. The summed E-state index contributed by atoms with van der Waals surface area (Å²) < 4.78 is 128. The number of carbonyl (C=O) groups excluding carboxylic acids is 3. The summed E-state index contributed by atoms with van der Waals surface area (Å²) in [6.07, 6.45) is -6.80. The highest BCUT2D eigenvalue weighted by molar-refractivity contribution is 5.72. The monoisotopic (exact) mass is 1370 g/mol. The second kappa shape index (κ2) is 35.2. The van der Waals surface area contributed by atoms with Crippen LogP contribution in [0.4, 0.5) is 0 Å². The van der Waals surface area contributed by atoms with E-state index in [0.717, 1.165) is 96.3 Å². The fourth-order valence-electron chi connectivity index (χ4n) is 15.1. The lowest BCUT2D eigenvalue weighted by Crippen LogP contribution is -2.68. The molecule has 24 nitrogen and oxygen atoms in total. The van der Waals surface area contributed by atoms with Crippen molar-refractivity contribution >= 4 is 17.9 Å². The van der Waals surface area contributed by atoms with Crippen LogP contribution in [0.3, 0.4) is 0 Å². The summed E-state index contributed by atoms with van der Waals surface area (Å²) in [4.78, 5) is 42.8. The van der Waals surface area contributed by atoms with Gasteiger partial charge >= 0.3 is 17.9 Å². The van der Waals surface area contributed by atoms with E-state index in [2.05, 4.69) is 13.8 Å². The Kier molecular flexibility index (Phi) is 28.6. The molecule has 9 saturated heterocycles. The first-order chi connectivity index (χ1) is 45.7. The van der Waals surface area contributed by atoms with Gasteiger partial charge in [-0.25, -0.2) is 0 Å². The largest absolute Gasteiger partial charge is 0.456 e. The Balaban J connectivity index is 1.09. The fraction of sp³-hybridized carbons (Fsp3) is 0.958. The predicted octanol–water partition coefficient (Wildman–Crippen LogP) is 10.7. The molecule has 9 aliphatic rings. The molecule has 9 rings (SSSR count). The SMILES string of the molecule is CCCCCCCCCCCC(=O)O[C@H]1[C@H](O[C@@H]2[C@@H](O[C@@H]3O[C@@H](C)[C@H](OC(=O)[C@@H](C)CC)[C@H]4OC(C)(C)O[C@@H]34)[C@H]3OC(=O)CCCCCCCCC[C@@H](CCCCC)O[C@@H]4O[C@H](C)[C@@H]5OC(C)(C)O[C@@H]5[C@H]4O[C@@H]3O[C@H]2C)O[C@@H](C)[C@H](O[C@@H]2O[C@@H](C)[C@H](O)[C@H]3OC(C)(C)O[C@@H]23)[C@H]1O. The number of hydrogen-bond acceptors (Lipinski definition) is 24. The second-order valence-corrected chi connectivity index (χ2v) is 30.1. The highest BCUT2D eigenvalue weighted by Gasteiger charge is 2.63. The minimum Gasteiger partial charge on any atom is -0.456 e. The molecule has 0 unspecified atom stereocenters. The summed E-state index contributed by atoms with van der Waals surface area (Å²) in [6.45, 7) is 27.6. The molecule has 0 aromatic heterocycles. The lowest BCUT2D eigenvalue weighted by atomic mass is 9.95. The van der Waals surface area contributed by atoms with E-state index in [-0.39, 0.29) is 18.9 Å². The van der Waals surface area contributed by atoms with Gasteiger partial charge in [-0.2, -0.15) is 0 Å². The highest BCUT2D eigenvalue weighted by Crippen LogP contribution is 2.46. The first kappa shape index (κ1) is 77.8. The maximum Gasteiger partial charge on any atom is 0.309 e. The van der Waals surface area contributed by atoms with Crippen molar-refractivity contribution in [2.75, 3.05) is 0 Å². The number of unbranched alkanes of at least 4 members (excludes halogenated alkanes) is 10. The molecule has 0 saturated carbocycles. The van der Waals surface area contributed by atoms with Gasteiger partial charge in [0.05, 0.1) is 42.5 Å². The maximum absolute atomic E-state index is 14.8. The van der Waals surface area contributed by atoms with Gasteiger partial charge < -0.3 is 100 Å². The van der Waals surface area contributed by atoms with E-state index < -0.39 is 195 Å². The third-order valence-electron chi connectivity index (χ3n) is 20.5. The van der Waals surface area contributed by atoms with Crippen molar-refractivity contribution < 1.29 is 115 Å². The number of ether oxygens (including phenoxy) is 19. The normalized spacial score (nSPS) is 42.2. The Morgan fingerprint density at radius 2 is 0.958 bits per heavy atom. The van der Waals surface area contributed by atoms with Crippen molar-refractivity contribution in [3.8, 4) is 0 Å². The molecule has 27 atom stereocenters. The number of aliphatic hydroxyl groups excluding tert-OH is 2. The minimum atomic E-state index is -1.64. The van der Waals surface area contributed by atoms with Crippen LogP contribution in [0.25, 0.3) is 0 Å². The molecule has 0 bridgehead atoms. The van der Waals surface area contributed by atoms with Crippen molar-refractivity contribution in [2.24, 2.45) is 5.92 Å². The molecular formula is C72H122O24. The van der Waals surface area contributed by atoms with E-state index in [1.54, 1.807) is 62.3 Å². The molecule has 96 heavy (non-hydrogen) atoms. The Labute approximate surface area is 571 Å². The average molecular weight is 1370 g/mol. The predicted molar refractivity (Wildman–Crippen MR) is 346 cm³/mol. The van der Waals surface area contributed by atoms with Crippen molar-refractivity contribution in [1.29, 1.82) is 0 Å². The average Bonchev–Trinajstić information content (AvgIpc) is 1.41. The van der Waals surface area contributed by atoms with E-state index >= 15 is 0 Å². The van der Waals surface area contributed by atoms with Gasteiger partial charge in [0, 0.05) is 12.8 Å². The van der Waals surface area contributed by atoms with E-state index in [1.165, 1.54) is 25.7 Å². The zero-order chi connectivity index (χ0) is 69.2. The van der Waals surface area contributed by atoms with Crippen LogP contribution < -0.4 is 0 Å². The summed E-state index contributed by atoms with van der Waals surface area (Å²) in [5.41, 5.74) is 0. The standard InChI is InChI=1S/C72H122O24/c1-16-19-21-22-23-24-27-30-34-38-47(73)84-56-50(76)51(87-68-62-55(49(75)41(5)78-68)92-71(12,13)95-62)42(6)79-65(56)88-52-43(7)80-67-60(57(52)89-69-63-58(93-72(14,15)96-63)53(44(8)81-69)86-64(77)40(4)18-3)85-48(74)39-35-31-28-25-26-29-33-37-46(36-32-20-17-2)83-66-61(90-67)59-54(45(9)82-66)91-70(10,11)94-59/h40-46,49-63,65-69,75-76H,16-39H2,1-15H3/t40-,41-,42-,43-,44-,45+,46+,49-,50+,51-,52-,53-,54-,55+,56+,57+,58+,59-,60+,61+,62+,63+,65-,66-,67-,68-,69-/m0/s1. The quantitative estimate of drug-likeness (QED) is 0.0516. The Bertz CT molecular complexity index is 2400. The fourth-order valence-corrected chi connectivity index (χ4v) is 15.1. The first-order valence-electron chi connectivity index (χ1n) is 37.3. The van der Waals surface area contributed by atoms with E-state index in [4.69, 9.17) is 90.0 Å². The molecule has 0 aromatic carbocycles. The number of aliphatic hydroxyl groups is 2. The van der Waals surface area contributed by atoms with Crippen molar-refractivity contribution in [3.63, 3.8) is 0 Å². The van der Waals surface area contributed by atoms with Crippen LogP contribution in [0.5, 0.6) is 0 Å². The number of carbonyl (C=O) groups is 3. The Morgan fingerprint density at radius 1 is 0.458 bits per heavy atom. The van der Waals surface area contributed by atoms with Gasteiger partial charge in [-0.3, -0.25) is 14.4 Å².